The Balaban J connectivity index is 2.09. The number of aromatic nitrogens is 2. The second-order valence-electron chi connectivity index (χ2n) is 4.87. The molecule has 108 valence electrons. The summed E-state index contributed by atoms with van der Waals surface area (Å²) in [4.78, 5) is 17.1. The predicted molar refractivity (Wildman–Crippen MR) is 88.3 cm³/mol. The van der Waals surface area contributed by atoms with Crippen LogP contribution in [0.2, 0.25) is 0 Å². The molecule has 0 aliphatic rings. The number of benzene rings is 2. The molecule has 22 heavy (non-hydrogen) atoms. The molecule has 4 rings (SSSR count). The zero-order chi connectivity index (χ0) is 15.1. The van der Waals surface area contributed by atoms with Gasteiger partial charge in [0, 0.05) is 0 Å². The average Bonchev–Trinajstić information content (AvgIpc) is 2.91. The summed E-state index contributed by atoms with van der Waals surface area (Å²) in [6.07, 6.45) is 1.74. The van der Waals surface area contributed by atoms with Crippen molar-refractivity contribution >= 4 is 35.3 Å². The van der Waals surface area contributed by atoms with Crippen LogP contribution >= 0.6 is 0 Å². The van der Waals surface area contributed by atoms with Crippen LogP contribution in [0.25, 0.3) is 26.2 Å². The molecule has 0 N–H and O–H groups in total. The van der Waals surface area contributed by atoms with Gasteiger partial charge in [-0.15, -0.1) is 0 Å². The Morgan fingerprint density at radius 3 is 2.68 bits per heavy atom. The minimum atomic E-state index is -0.0628. The van der Waals surface area contributed by atoms with E-state index in [1.54, 1.807) is 13.3 Å². The molecular weight excluding hydrogens is 343 g/mol. The van der Waals surface area contributed by atoms with Crippen LogP contribution in [0, 0.1) is 0 Å². The molecule has 0 fully saturated rings. The van der Waals surface area contributed by atoms with Gasteiger partial charge < -0.3 is 0 Å². The molecule has 2 aromatic heterocycles. The van der Waals surface area contributed by atoms with Crippen LogP contribution in [-0.2, 0) is 0 Å². The van der Waals surface area contributed by atoms with Crippen LogP contribution in [0.5, 0.6) is 5.75 Å². The van der Waals surface area contributed by atoms with Crippen molar-refractivity contribution in [3.8, 4) is 11.4 Å². The third-order valence-corrected chi connectivity index (χ3v) is 5.94. The normalized spacial score (nSPS) is 11.1. The van der Waals surface area contributed by atoms with Crippen molar-refractivity contribution in [3.05, 3.63) is 65.1 Å². The fraction of sp³-hybridized carbons (Fsp3) is 0.0588. The van der Waals surface area contributed by atoms with Crippen LogP contribution in [-0.4, -0.2) is 30.4 Å². The van der Waals surface area contributed by atoms with E-state index in [4.69, 9.17) is 4.74 Å². The van der Waals surface area contributed by atoms with Crippen molar-refractivity contribution in [2.75, 3.05) is 7.11 Å². The van der Waals surface area contributed by atoms with Gasteiger partial charge in [0.15, 0.2) is 0 Å². The molecule has 0 amide bonds. The first-order valence-corrected chi connectivity index (χ1v) is 8.45. The number of methoxy groups -OCH3 is 1. The van der Waals surface area contributed by atoms with Crippen molar-refractivity contribution < 1.29 is 4.74 Å². The summed E-state index contributed by atoms with van der Waals surface area (Å²) in [5, 5.41) is 1.71. The molecule has 0 bridgehead atoms. The van der Waals surface area contributed by atoms with Crippen molar-refractivity contribution in [2.45, 2.75) is 0 Å². The zero-order valence-corrected chi connectivity index (χ0v) is 13.5. The summed E-state index contributed by atoms with van der Waals surface area (Å²) in [6.45, 7) is 0. The summed E-state index contributed by atoms with van der Waals surface area (Å²) in [5.74, 6) is 0.767. The molecule has 4 aromatic rings. The number of fused-ring (bicyclic) bond motifs is 2. The van der Waals surface area contributed by atoms with Crippen LogP contribution in [0.3, 0.4) is 0 Å². The van der Waals surface area contributed by atoms with Gasteiger partial charge in [-0.2, -0.15) is 0 Å². The molecule has 0 saturated heterocycles. The van der Waals surface area contributed by atoms with Crippen LogP contribution in [0.4, 0.5) is 0 Å². The van der Waals surface area contributed by atoms with E-state index in [-0.39, 0.29) is 20.3 Å². The molecule has 0 saturated carbocycles. The quantitative estimate of drug-likeness (QED) is 0.519. The van der Waals surface area contributed by atoms with Gasteiger partial charge in [-0.3, -0.25) is 0 Å². The zero-order valence-electron chi connectivity index (χ0n) is 11.8. The molecule has 2 aromatic carbocycles. The number of hydrogen-bond acceptors (Lipinski definition) is 3. The summed E-state index contributed by atoms with van der Waals surface area (Å²) < 4.78 is 8.35. The topological polar surface area (TPSA) is 44.1 Å². The maximum absolute atomic E-state index is 12.7. The van der Waals surface area contributed by atoms with Gasteiger partial charge in [-0.1, -0.05) is 0 Å². The maximum atomic E-state index is 12.7. The predicted octanol–water partition coefficient (Wildman–Crippen LogP) is 2.60. The number of rotatable bonds is 2. The number of pyridine rings is 1. The van der Waals surface area contributed by atoms with E-state index in [0.29, 0.717) is 0 Å². The first kappa shape index (κ1) is 13.3. The van der Waals surface area contributed by atoms with E-state index in [1.807, 2.05) is 52.1 Å². The molecule has 2 heterocycles. The van der Waals surface area contributed by atoms with Crippen molar-refractivity contribution in [2.24, 2.45) is 0 Å². The summed E-state index contributed by atoms with van der Waals surface area (Å²) >= 11 is -0.0628. The first-order valence-electron chi connectivity index (χ1n) is 6.83. The number of hydrogen-bond donors (Lipinski definition) is 0. The Morgan fingerprint density at radius 2 is 1.86 bits per heavy atom. The summed E-state index contributed by atoms with van der Waals surface area (Å²) in [7, 11) is 1.64. The van der Waals surface area contributed by atoms with Crippen LogP contribution in [0.15, 0.2) is 59.5 Å². The Hall–Kier alpha value is -2.36. The molecule has 0 spiro atoms. The number of nitrogens with zero attached hydrogens (tertiary/aromatic N) is 2. The molecule has 0 atom stereocenters. The van der Waals surface area contributed by atoms with E-state index >= 15 is 0 Å². The Kier molecular flexibility index (Phi) is 3.10. The molecule has 5 heteroatoms. The minimum absolute atomic E-state index is 0.0488. The monoisotopic (exact) mass is 356 g/mol. The standard InChI is InChI=1S/C17H12N2O2Se/c1-21-14-9-8-13(16-11(14)6-4-10-18-16)19-17(20)12-5-2-3-7-15(12)22-19/h2-10H,1H3. The third-order valence-electron chi connectivity index (χ3n) is 3.64. The Bertz CT molecular complexity index is 1050. The van der Waals surface area contributed by atoms with Crippen molar-refractivity contribution in [3.63, 3.8) is 0 Å². The summed E-state index contributed by atoms with van der Waals surface area (Å²) in [6, 6.07) is 15.4. The van der Waals surface area contributed by atoms with E-state index in [0.717, 1.165) is 32.0 Å². The average molecular weight is 355 g/mol. The fourth-order valence-corrected chi connectivity index (χ4v) is 4.74. The molecule has 0 radical (unpaired) electrons. The van der Waals surface area contributed by atoms with E-state index in [1.165, 1.54) is 0 Å². The fourth-order valence-electron chi connectivity index (χ4n) is 2.60. The first-order chi connectivity index (χ1) is 10.8. The van der Waals surface area contributed by atoms with Crippen LogP contribution in [0.1, 0.15) is 0 Å². The molecule has 0 unspecified atom stereocenters. The second kappa shape index (κ2) is 5.13. The van der Waals surface area contributed by atoms with E-state index < -0.39 is 0 Å². The van der Waals surface area contributed by atoms with Crippen molar-refractivity contribution in [1.29, 1.82) is 0 Å². The van der Waals surface area contributed by atoms with Crippen molar-refractivity contribution in [1.82, 2.24) is 8.55 Å². The SMILES string of the molecule is COc1ccc(-n2[se]c3ccccc3c2=O)c2ncccc12. The van der Waals surface area contributed by atoms with Gasteiger partial charge in [0.25, 0.3) is 0 Å². The van der Waals surface area contributed by atoms with Gasteiger partial charge in [0.2, 0.25) is 0 Å². The summed E-state index contributed by atoms with van der Waals surface area (Å²) in [5.41, 5.74) is 1.69. The molecule has 4 nitrogen and oxygen atoms in total. The van der Waals surface area contributed by atoms with Gasteiger partial charge in [-0.25, -0.2) is 0 Å². The van der Waals surface area contributed by atoms with Crippen LogP contribution < -0.4 is 10.3 Å². The van der Waals surface area contributed by atoms with Gasteiger partial charge in [-0.05, 0) is 0 Å². The second-order valence-corrected chi connectivity index (χ2v) is 6.95. The third kappa shape index (κ3) is 1.90. The van der Waals surface area contributed by atoms with E-state index in [2.05, 4.69) is 4.98 Å². The van der Waals surface area contributed by atoms with Gasteiger partial charge >= 0.3 is 132 Å². The van der Waals surface area contributed by atoms with Gasteiger partial charge in [0.1, 0.15) is 0 Å². The van der Waals surface area contributed by atoms with E-state index in [9.17, 15) is 4.79 Å². The molecular formula is C17H12N2O2Se. The molecule has 0 aliphatic heterocycles. The number of ether oxygens (including phenoxy) is 1. The molecule has 0 aliphatic carbocycles. The Morgan fingerprint density at radius 1 is 1.05 bits per heavy atom. The van der Waals surface area contributed by atoms with Gasteiger partial charge in [0.05, 0.1) is 0 Å². The Labute approximate surface area is 132 Å².